The quantitative estimate of drug-likeness (QED) is 0.116. The van der Waals surface area contributed by atoms with E-state index < -0.39 is 10.5 Å². The van der Waals surface area contributed by atoms with Gasteiger partial charge in [-0.25, -0.2) is 0 Å². The maximum absolute atomic E-state index is 12.5. The van der Waals surface area contributed by atoms with Crippen LogP contribution in [0, 0.1) is 0 Å². The molecule has 0 aromatic rings. The smallest absolute Gasteiger partial charge is 0.390 e. The highest BCUT2D eigenvalue weighted by Gasteiger charge is 2.37. The van der Waals surface area contributed by atoms with Gasteiger partial charge < -0.3 is 4.74 Å². The van der Waals surface area contributed by atoms with Crippen molar-refractivity contribution in [3.05, 3.63) is 0 Å². The molecule has 0 spiro atoms. The van der Waals surface area contributed by atoms with Gasteiger partial charge in [0, 0.05) is 11.8 Å². The first-order valence-corrected chi connectivity index (χ1v) is 12.4. The van der Waals surface area contributed by atoms with Crippen LogP contribution >= 0.6 is 35.6 Å². The number of ether oxygens (including phenoxy) is 1. The average Bonchev–Trinajstić information content (AvgIpc) is 2.63. The number of rotatable bonds is 18. The van der Waals surface area contributed by atoms with E-state index in [0.717, 1.165) is 19.3 Å². The van der Waals surface area contributed by atoms with Gasteiger partial charge in [0.2, 0.25) is 4.38 Å². The Morgan fingerprint density at radius 2 is 1.18 bits per heavy atom. The zero-order valence-electron chi connectivity index (χ0n) is 17.3. The number of carbonyl (C=O) groups is 1. The van der Waals surface area contributed by atoms with Crippen LogP contribution in [0.5, 0.6) is 0 Å². The van der Waals surface area contributed by atoms with Crippen LogP contribution in [0.15, 0.2) is 0 Å². The van der Waals surface area contributed by atoms with Crippen molar-refractivity contribution in [2.24, 2.45) is 0 Å². The average molecular weight is 459 g/mol. The largest absolute Gasteiger partial charge is 0.478 e. The number of halogens is 3. The Hall–Kier alpha value is 0.0600. The van der Waals surface area contributed by atoms with Gasteiger partial charge in [-0.15, -0.1) is 0 Å². The van der Waals surface area contributed by atoms with Gasteiger partial charge in [-0.1, -0.05) is 103 Å². The molecule has 0 aliphatic carbocycles. The second kappa shape index (κ2) is 19.0. The van der Waals surface area contributed by atoms with Crippen LogP contribution in [0.3, 0.4) is 0 Å². The van der Waals surface area contributed by atoms with E-state index in [1.54, 1.807) is 0 Å². The van der Waals surface area contributed by atoms with Crippen molar-refractivity contribution < 1.29 is 18.3 Å². The molecule has 28 heavy (non-hydrogen) atoms. The summed E-state index contributed by atoms with van der Waals surface area (Å²) in [6, 6.07) is 0. The number of thiocarbonyl (C=S) groups is 1. The predicted molar refractivity (Wildman–Crippen MR) is 121 cm³/mol. The van der Waals surface area contributed by atoms with Crippen LogP contribution in [-0.2, 0) is 9.53 Å². The predicted octanol–water partition coefficient (Wildman–Crippen LogP) is 8.64. The van der Waals surface area contributed by atoms with Crippen molar-refractivity contribution in [2.75, 3.05) is 6.61 Å². The number of alkyl halides is 3. The summed E-state index contributed by atoms with van der Waals surface area (Å²) in [7, 11) is 0. The molecule has 0 saturated carbocycles. The molecule has 0 rings (SSSR count). The van der Waals surface area contributed by atoms with Gasteiger partial charge in [-0.2, -0.15) is 8.78 Å². The molecule has 0 fully saturated rings. The van der Waals surface area contributed by atoms with Crippen molar-refractivity contribution in [1.29, 1.82) is 0 Å². The molecule has 0 aliphatic heterocycles. The molecule has 166 valence electrons. The Morgan fingerprint density at radius 3 is 1.54 bits per heavy atom. The van der Waals surface area contributed by atoms with Gasteiger partial charge >= 0.3 is 5.38 Å². The van der Waals surface area contributed by atoms with E-state index in [4.69, 9.17) is 17.0 Å². The first kappa shape index (κ1) is 28.1. The van der Waals surface area contributed by atoms with Crippen molar-refractivity contribution in [3.63, 3.8) is 0 Å². The van der Waals surface area contributed by atoms with Crippen molar-refractivity contribution >= 4 is 45.1 Å². The van der Waals surface area contributed by atoms with Gasteiger partial charge in [-0.3, -0.25) is 4.79 Å². The highest BCUT2D eigenvalue weighted by molar-refractivity contribution is 8.32. The maximum Gasteiger partial charge on any atom is 0.390 e. The van der Waals surface area contributed by atoms with E-state index in [0.29, 0.717) is 6.61 Å². The molecule has 0 radical (unpaired) electrons. The summed E-state index contributed by atoms with van der Waals surface area (Å²) in [5, 5.41) is -5.39. The zero-order chi connectivity index (χ0) is 21.1. The summed E-state index contributed by atoms with van der Waals surface area (Å²) in [6.07, 6.45) is 20.5. The molecular formula is C21H37ClF2O2S2. The van der Waals surface area contributed by atoms with Crippen LogP contribution in [0.2, 0.25) is 0 Å². The minimum absolute atomic E-state index is 0.183. The number of unbranched alkanes of at least 4 members (excludes halogenated alkanes) is 15. The summed E-state index contributed by atoms with van der Waals surface area (Å²) in [4.78, 5) is 11.0. The van der Waals surface area contributed by atoms with E-state index in [2.05, 4.69) is 18.5 Å². The fourth-order valence-electron chi connectivity index (χ4n) is 2.97. The molecule has 0 atom stereocenters. The minimum Gasteiger partial charge on any atom is -0.478 e. The number of carbonyl (C=O) groups excluding carboxylic acids is 1. The number of hydrogen-bond donors (Lipinski definition) is 0. The third-order valence-electron chi connectivity index (χ3n) is 4.63. The van der Waals surface area contributed by atoms with Crippen LogP contribution in [0.1, 0.15) is 110 Å². The Balaban J connectivity index is 3.24. The minimum atomic E-state index is -3.90. The summed E-state index contributed by atoms with van der Waals surface area (Å²) < 4.78 is 29.9. The lowest BCUT2D eigenvalue weighted by molar-refractivity contribution is -0.123. The van der Waals surface area contributed by atoms with Gasteiger partial charge in [0.25, 0.3) is 5.12 Å². The van der Waals surface area contributed by atoms with Crippen molar-refractivity contribution in [3.8, 4) is 0 Å². The molecule has 0 bridgehead atoms. The lowest BCUT2D eigenvalue weighted by Crippen LogP contribution is -2.19. The molecule has 0 amide bonds. The molecular weight excluding hydrogens is 422 g/mol. The Morgan fingerprint density at radius 1 is 0.821 bits per heavy atom. The fraction of sp³-hybridized carbons (Fsp3) is 0.905. The maximum atomic E-state index is 12.5. The van der Waals surface area contributed by atoms with Gasteiger partial charge in [0.05, 0.1) is 6.61 Å². The second-order valence-corrected chi connectivity index (χ2v) is 9.34. The fourth-order valence-corrected chi connectivity index (χ4v) is 3.80. The highest BCUT2D eigenvalue weighted by Crippen LogP contribution is 2.27. The van der Waals surface area contributed by atoms with Gasteiger partial charge in [0.1, 0.15) is 0 Å². The molecule has 0 aromatic carbocycles. The summed E-state index contributed by atoms with van der Waals surface area (Å²) >= 11 is 9.54. The lowest BCUT2D eigenvalue weighted by atomic mass is 10.0. The van der Waals surface area contributed by atoms with Crippen LogP contribution in [0.4, 0.5) is 8.78 Å². The number of hydrogen-bond acceptors (Lipinski definition) is 4. The SMILES string of the molecule is CCCCCCCCCCCCCCCCCCOC(=S)SC(=O)C(F)(F)Cl. The van der Waals surface area contributed by atoms with Crippen molar-refractivity contribution in [2.45, 2.75) is 115 Å². The van der Waals surface area contributed by atoms with E-state index >= 15 is 0 Å². The molecule has 0 unspecified atom stereocenters. The Labute approximate surface area is 184 Å². The van der Waals surface area contributed by atoms with Gasteiger partial charge in [-0.05, 0) is 30.2 Å². The topological polar surface area (TPSA) is 26.3 Å². The molecule has 0 saturated heterocycles. The van der Waals surface area contributed by atoms with Crippen LogP contribution in [-0.4, -0.2) is 21.5 Å². The highest BCUT2D eigenvalue weighted by atomic mass is 35.5. The van der Waals surface area contributed by atoms with E-state index in [-0.39, 0.29) is 16.1 Å². The monoisotopic (exact) mass is 458 g/mol. The van der Waals surface area contributed by atoms with E-state index in [1.165, 1.54) is 83.5 Å². The van der Waals surface area contributed by atoms with E-state index in [1.807, 2.05) is 0 Å². The normalized spacial score (nSPS) is 11.6. The first-order valence-electron chi connectivity index (χ1n) is 10.8. The molecule has 7 heteroatoms. The van der Waals surface area contributed by atoms with Crippen LogP contribution < -0.4 is 0 Å². The third kappa shape index (κ3) is 19.4. The Kier molecular flexibility index (Phi) is 19.1. The van der Waals surface area contributed by atoms with Crippen LogP contribution in [0.25, 0.3) is 0 Å². The van der Waals surface area contributed by atoms with E-state index in [9.17, 15) is 13.6 Å². The number of thioether (sulfide) groups is 1. The van der Waals surface area contributed by atoms with Gasteiger partial charge in [0.15, 0.2) is 0 Å². The molecule has 0 N–H and O–H groups in total. The summed E-state index contributed by atoms with van der Waals surface area (Å²) in [5.74, 6) is 0. The molecule has 0 aromatic heterocycles. The summed E-state index contributed by atoms with van der Waals surface area (Å²) in [5.41, 5.74) is 0. The molecule has 0 aliphatic rings. The third-order valence-corrected chi connectivity index (χ3v) is 6.00. The first-order chi connectivity index (χ1) is 13.4. The second-order valence-electron chi connectivity index (χ2n) is 7.29. The molecule has 0 heterocycles. The standard InChI is InChI=1S/C21H37ClF2O2S2/c1-2-3-4-5-6-7-8-9-10-11-12-13-14-15-16-17-18-26-20(27)28-19(25)21(22,23)24/h2-18H2,1H3. The molecule has 2 nitrogen and oxygen atoms in total. The van der Waals surface area contributed by atoms with Crippen molar-refractivity contribution in [1.82, 2.24) is 0 Å². The summed E-state index contributed by atoms with van der Waals surface area (Å²) in [6.45, 7) is 2.61. The lowest BCUT2D eigenvalue weighted by Gasteiger charge is -2.08. The zero-order valence-corrected chi connectivity index (χ0v) is 19.7. The Bertz CT molecular complexity index is 404.